The van der Waals surface area contributed by atoms with Gasteiger partial charge in [0.05, 0.1) is 6.61 Å². The summed E-state index contributed by atoms with van der Waals surface area (Å²) in [6.07, 6.45) is -1.30. The Bertz CT molecular complexity index is 439. The highest BCUT2D eigenvalue weighted by Gasteiger charge is 2.47. The summed E-state index contributed by atoms with van der Waals surface area (Å²) >= 11 is 0. The first-order valence-corrected chi connectivity index (χ1v) is 6.80. The minimum Gasteiger partial charge on any atom is -0.450 e. The zero-order chi connectivity index (χ0) is 15.4. The van der Waals surface area contributed by atoms with Crippen molar-refractivity contribution in [3.05, 3.63) is 35.9 Å². The molecule has 112 valence electrons. The summed E-state index contributed by atoms with van der Waals surface area (Å²) in [6.45, 7) is 9.96. The van der Waals surface area contributed by atoms with Crippen LogP contribution in [0, 0.1) is 5.92 Å². The van der Waals surface area contributed by atoms with Gasteiger partial charge in [-0.3, -0.25) is 0 Å². The third-order valence-corrected chi connectivity index (χ3v) is 3.52. The van der Waals surface area contributed by atoms with Crippen molar-refractivity contribution in [1.82, 2.24) is 0 Å². The largest absolute Gasteiger partial charge is 0.506 e. The molecule has 1 rings (SSSR count). The molecule has 1 unspecified atom stereocenters. The number of rotatable bonds is 6. The second-order valence-electron chi connectivity index (χ2n) is 5.98. The van der Waals surface area contributed by atoms with E-state index in [-0.39, 0.29) is 0 Å². The molecule has 4 nitrogen and oxygen atoms in total. The first-order chi connectivity index (χ1) is 9.19. The fourth-order valence-corrected chi connectivity index (χ4v) is 2.01. The molecule has 0 aromatic heterocycles. The highest BCUT2D eigenvalue weighted by molar-refractivity contribution is 5.58. The van der Waals surface area contributed by atoms with Crippen LogP contribution in [0.25, 0.3) is 0 Å². The van der Waals surface area contributed by atoms with Gasteiger partial charge in [-0.1, -0.05) is 44.2 Å². The zero-order valence-electron chi connectivity index (χ0n) is 12.8. The summed E-state index contributed by atoms with van der Waals surface area (Å²) in [4.78, 5) is 11.0. The molecule has 4 heteroatoms. The molecule has 1 N–H and O–H groups in total. The number of hydrogen-bond acceptors (Lipinski definition) is 3. The molecule has 0 spiro atoms. The van der Waals surface area contributed by atoms with Crippen molar-refractivity contribution in [2.24, 2.45) is 5.92 Å². The van der Waals surface area contributed by atoms with Gasteiger partial charge in [0.15, 0.2) is 0 Å². The molecule has 1 atom stereocenters. The zero-order valence-corrected chi connectivity index (χ0v) is 12.8. The maximum absolute atomic E-state index is 11.0. The Morgan fingerprint density at radius 1 is 1.20 bits per heavy atom. The monoisotopic (exact) mass is 280 g/mol. The molecule has 0 aliphatic heterocycles. The molecule has 1 aromatic rings. The van der Waals surface area contributed by atoms with Crippen LogP contribution in [0.1, 0.15) is 40.2 Å². The molecule has 0 amide bonds. The number of carbonyl (C=O) groups is 1. The lowest BCUT2D eigenvalue weighted by atomic mass is 9.81. The van der Waals surface area contributed by atoms with Gasteiger partial charge in [0.1, 0.15) is 11.2 Å². The van der Waals surface area contributed by atoms with Crippen LogP contribution in [0.2, 0.25) is 0 Å². The molecule has 1 aromatic carbocycles. The van der Waals surface area contributed by atoms with E-state index < -0.39 is 17.4 Å². The Kier molecular flexibility index (Phi) is 5.17. The average molecular weight is 280 g/mol. The maximum atomic E-state index is 11.0. The Morgan fingerprint density at radius 2 is 1.75 bits per heavy atom. The SMILES string of the molecule is CC(C)COC(C)(c1ccccc1)C(C)(C)OC(=O)O. The number of carboxylic acid groups (broad SMARTS) is 1. The summed E-state index contributed by atoms with van der Waals surface area (Å²) in [5, 5.41) is 8.96. The smallest absolute Gasteiger partial charge is 0.450 e. The highest BCUT2D eigenvalue weighted by atomic mass is 16.7. The molecular formula is C16H24O4. The lowest BCUT2D eigenvalue weighted by Crippen LogP contribution is -2.50. The molecule has 0 fully saturated rings. The van der Waals surface area contributed by atoms with E-state index >= 15 is 0 Å². The summed E-state index contributed by atoms with van der Waals surface area (Å²) in [7, 11) is 0. The van der Waals surface area contributed by atoms with E-state index in [1.54, 1.807) is 13.8 Å². The highest BCUT2D eigenvalue weighted by Crippen LogP contribution is 2.39. The van der Waals surface area contributed by atoms with Crippen LogP contribution >= 0.6 is 0 Å². The van der Waals surface area contributed by atoms with Gasteiger partial charge in [-0.2, -0.15) is 0 Å². The van der Waals surface area contributed by atoms with Gasteiger partial charge in [0.25, 0.3) is 0 Å². The molecule has 0 radical (unpaired) electrons. The lowest BCUT2D eigenvalue weighted by Gasteiger charge is -2.43. The van der Waals surface area contributed by atoms with E-state index in [4.69, 9.17) is 14.6 Å². The van der Waals surface area contributed by atoms with Crippen LogP contribution in [0.15, 0.2) is 30.3 Å². The van der Waals surface area contributed by atoms with Crippen molar-refractivity contribution < 1.29 is 19.4 Å². The molecule has 0 aliphatic carbocycles. The van der Waals surface area contributed by atoms with Crippen molar-refractivity contribution in [2.75, 3.05) is 6.61 Å². The van der Waals surface area contributed by atoms with Crippen LogP contribution in [0.5, 0.6) is 0 Å². The van der Waals surface area contributed by atoms with Gasteiger partial charge < -0.3 is 14.6 Å². The maximum Gasteiger partial charge on any atom is 0.506 e. The normalized spacial score (nSPS) is 14.9. The van der Waals surface area contributed by atoms with Crippen molar-refractivity contribution >= 4 is 6.16 Å². The first kappa shape index (κ1) is 16.5. The van der Waals surface area contributed by atoms with Gasteiger partial charge in [0.2, 0.25) is 0 Å². The summed E-state index contributed by atoms with van der Waals surface area (Å²) in [5.41, 5.74) is -0.960. The van der Waals surface area contributed by atoms with Crippen molar-refractivity contribution in [3.63, 3.8) is 0 Å². The van der Waals surface area contributed by atoms with Gasteiger partial charge in [-0.05, 0) is 32.3 Å². The fourth-order valence-electron chi connectivity index (χ4n) is 2.01. The molecule has 20 heavy (non-hydrogen) atoms. The van der Waals surface area contributed by atoms with Crippen LogP contribution < -0.4 is 0 Å². The third kappa shape index (κ3) is 3.73. The Labute approximate surface area is 120 Å². The predicted octanol–water partition coefficient (Wildman–Crippen LogP) is 4.05. The average Bonchev–Trinajstić information content (AvgIpc) is 2.35. The molecule has 0 heterocycles. The van der Waals surface area contributed by atoms with E-state index in [0.29, 0.717) is 12.5 Å². The molecule has 0 saturated heterocycles. The van der Waals surface area contributed by atoms with Gasteiger partial charge >= 0.3 is 6.16 Å². The van der Waals surface area contributed by atoms with Gasteiger partial charge in [0, 0.05) is 0 Å². The van der Waals surface area contributed by atoms with Crippen LogP contribution in [-0.4, -0.2) is 23.5 Å². The second kappa shape index (κ2) is 6.27. The summed E-state index contributed by atoms with van der Waals surface area (Å²) < 4.78 is 11.1. The molecular weight excluding hydrogens is 256 g/mol. The van der Waals surface area contributed by atoms with Crippen molar-refractivity contribution in [3.8, 4) is 0 Å². The quantitative estimate of drug-likeness (QED) is 0.799. The Balaban J connectivity index is 3.16. The molecule has 0 saturated carbocycles. The molecule has 0 aliphatic rings. The van der Waals surface area contributed by atoms with Crippen molar-refractivity contribution in [1.29, 1.82) is 0 Å². The van der Waals surface area contributed by atoms with Crippen LogP contribution in [0.4, 0.5) is 4.79 Å². The molecule has 0 bridgehead atoms. The van der Waals surface area contributed by atoms with E-state index in [1.165, 1.54) is 0 Å². The van der Waals surface area contributed by atoms with E-state index in [1.807, 2.05) is 37.3 Å². The van der Waals surface area contributed by atoms with E-state index in [0.717, 1.165) is 5.56 Å². The van der Waals surface area contributed by atoms with Gasteiger partial charge in [-0.25, -0.2) is 4.79 Å². The fraction of sp³-hybridized carbons (Fsp3) is 0.562. The first-order valence-electron chi connectivity index (χ1n) is 6.80. The second-order valence-corrected chi connectivity index (χ2v) is 5.98. The Hall–Kier alpha value is -1.55. The topological polar surface area (TPSA) is 55.8 Å². The lowest BCUT2D eigenvalue weighted by molar-refractivity contribution is -0.176. The summed E-state index contributed by atoms with van der Waals surface area (Å²) in [5.74, 6) is 0.346. The van der Waals surface area contributed by atoms with Gasteiger partial charge in [-0.15, -0.1) is 0 Å². The summed E-state index contributed by atoms with van der Waals surface area (Å²) in [6, 6.07) is 9.57. The number of ether oxygens (including phenoxy) is 2. The van der Waals surface area contributed by atoms with Crippen LogP contribution in [-0.2, 0) is 15.1 Å². The Morgan fingerprint density at radius 3 is 2.20 bits per heavy atom. The minimum absolute atomic E-state index is 0.346. The van der Waals surface area contributed by atoms with Crippen LogP contribution in [0.3, 0.4) is 0 Å². The third-order valence-electron chi connectivity index (χ3n) is 3.52. The van der Waals surface area contributed by atoms with E-state index in [2.05, 4.69) is 13.8 Å². The standard InChI is InChI=1S/C16H24O4/c1-12(2)11-19-16(5,13-9-7-6-8-10-13)15(3,4)20-14(17)18/h6-10,12H,11H2,1-5H3,(H,17,18). The number of hydrogen-bond donors (Lipinski definition) is 1. The minimum atomic E-state index is -1.30. The predicted molar refractivity (Wildman–Crippen MR) is 77.8 cm³/mol. The van der Waals surface area contributed by atoms with Crippen molar-refractivity contribution in [2.45, 2.75) is 45.8 Å². The number of benzene rings is 1. The van der Waals surface area contributed by atoms with E-state index in [9.17, 15) is 4.79 Å².